The fourth-order valence-electron chi connectivity index (χ4n) is 2.39. The third kappa shape index (κ3) is 6.44. The Morgan fingerprint density at radius 1 is 1.10 bits per heavy atom. The number of benzene rings is 1. The van der Waals surface area contributed by atoms with Crippen molar-refractivity contribution in [3.8, 4) is 11.5 Å². The summed E-state index contributed by atoms with van der Waals surface area (Å²) >= 11 is 1.04. The number of rotatable bonds is 10. The smallest absolute Gasteiger partial charge is 0.325 e. The van der Waals surface area contributed by atoms with Gasteiger partial charge >= 0.3 is 5.97 Å². The monoisotopic (exact) mass is 442 g/mol. The van der Waals surface area contributed by atoms with Crippen molar-refractivity contribution in [2.75, 3.05) is 34.4 Å². The molecule has 0 atom stereocenters. The number of carbonyl (C=O) groups is 2. The highest BCUT2D eigenvalue weighted by Crippen LogP contribution is 2.23. The summed E-state index contributed by atoms with van der Waals surface area (Å²) in [7, 11) is 0.389. The van der Waals surface area contributed by atoms with Gasteiger partial charge in [0.25, 0.3) is 10.0 Å². The van der Waals surface area contributed by atoms with Crippen LogP contribution >= 0.6 is 11.3 Å². The lowest BCUT2D eigenvalue weighted by Crippen LogP contribution is -2.42. The molecule has 2 aromatic rings. The molecule has 1 aromatic heterocycles. The molecule has 0 spiro atoms. The Balaban J connectivity index is 2.17. The van der Waals surface area contributed by atoms with Gasteiger partial charge < -0.3 is 19.1 Å². The molecule has 1 heterocycles. The standard InChI is InChI=1S/C18H22N2O7S2/c1-25-14-7-13(8-15(9-14)26-2)11-20(12-17(22)27-3)16(21)10-19-29(23,24)18-5-4-6-28-18/h4-9,19H,10-12H2,1-3H3. The second-order valence-corrected chi connectivity index (χ2v) is 8.74. The summed E-state index contributed by atoms with van der Waals surface area (Å²) in [6, 6.07) is 8.09. The largest absolute Gasteiger partial charge is 0.497 e. The van der Waals surface area contributed by atoms with E-state index in [0.717, 1.165) is 11.3 Å². The predicted octanol–water partition coefficient (Wildman–Crippen LogP) is 1.25. The van der Waals surface area contributed by atoms with E-state index in [-0.39, 0.29) is 17.3 Å². The van der Waals surface area contributed by atoms with Crippen molar-refractivity contribution in [2.45, 2.75) is 10.8 Å². The average molecular weight is 443 g/mol. The van der Waals surface area contributed by atoms with E-state index in [9.17, 15) is 18.0 Å². The van der Waals surface area contributed by atoms with Gasteiger partial charge in [-0.1, -0.05) is 6.07 Å². The molecule has 29 heavy (non-hydrogen) atoms. The van der Waals surface area contributed by atoms with Gasteiger partial charge in [0.05, 0.1) is 27.9 Å². The molecule has 0 saturated carbocycles. The first kappa shape index (κ1) is 22.7. The number of sulfonamides is 1. The molecule has 0 bridgehead atoms. The van der Waals surface area contributed by atoms with Gasteiger partial charge in [-0.05, 0) is 29.1 Å². The van der Waals surface area contributed by atoms with Gasteiger partial charge in [-0.15, -0.1) is 11.3 Å². The summed E-state index contributed by atoms with van der Waals surface area (Å²) < 4.78 is 41.9. The van der Waals surface area contributed by atoms with Crippen LogP contribution in [0.3, 0.4) is 0 Å². The third-order valence-electron chi connectivity index (χ3n) is 3.86. The first-order chi connectivity index (χ1) is 13.8. The van der Waals surface area contributed by atoms with Crippen molar-refractivity contribution in [3.05, 3.63) is 41.3 Å². The van der Waals surface area contributed by atoms with Crippen LogP contribution in [0.5, 0.6) is 11.5 Å². The number of hydrogen-bond donors (Lipinski definition) is 1. The van der Waals surface area contributed by atoms with Crippen molar-refractivity contribution in [2.24, 2.45) is 0 Å². The van der Waals surface area contributed by atoms with Gasteiger partial charge in [-0.3, -0.25) is 9.59 Å². The highest BCUT2D eigenvalue weighted by Gasteiger charge is 2.22. The maximum absolute atomic E-state index is 12.7. The maximum Gasteiger partial charge on any atom is 0.325 e. The molecule has 1 aromatic carbocycles. The Bertz CT molecular complexity index is 921. The summed E-state index contributed by atoms with van der Waals surface area (Å²) in [5.74, 6) is -0.182. The number of esters is 1. The molecule has 0 aliphatic heterocycles. The summed E-state index contributed by atoms with van der Waals surface area (Å²) in [6.07, 6.45) is 0. The van der Waals surface area contributed by atoms with E-state index < -0.39 is 28.4 Å². The zero-order valence-electron chi connectivity index (χ0n) is 16.2. The minimum Gasteiger partial charge on any atom is -0.497 e. The van der Waals surface area contributed by atoms with Crippen LogP contribution in [-0.2, 0) is 30.9 Å². The van der Waals surface area contributed by atoms with Gasteiger partial charge in [0.2, 0.25) is 5.91 Å². The van der Waals surface area contributed by atoms with E-state index in [2.05, 4.69) is 9.46 Å². The number of methoxy groups -OCH3 is 3. The normalized spacial score (nSPS) is 11.0. The third-order valence-corrected chi connectivity index (χ3v) is 6.66. The number of nitrogens with one attached hydrogen (secondary N) is 1. The molecular weight excluding hydrogens is 420 g/mol. The Morgan fingerprint density at radius 3 is 2.28 bits per heavy atom. The van der Waals surface area contributed by atoms with Crippen LogP contribution in [0.1, 0.15) is 5.56 Å². The molecule has 0 unspecified atom stereocenters. The maximum atomic E-state index is 12.7. The van der Waals surface area contributed by atoms with Gasteiger partial charge in [-0.2, -0.15) is 0 Å². The predicted molar refractivity (Wildman–Crippen MR) is 106 cm³/mol. The fourth-order valence-corrected chi connectivity index (χ4v) is 4.40. The van der Waals surface area contributed by atoms with Crippen LogP contribution in [0.4, 0.5) is 0 Å². The van der Waals surface area contributed by atoms with Crippen LogP contribution in [0.2, 0.25) is 0 Å². The van der Waals surface area contributed by atoms with Gasteiger partial charge in [-0.25, -0.2) is 13.1 Å². The van der Waals surface area contributed by atoms with E-state index in [1.54, 1.807) is 29.6 Å². The van der Waals surface area contributed by atoms with Gasteiger partial charge in [0, 0.05) is 12.6 Å². The van der Waals surface area contributed by atoms with E-state index in [0.29, 0.717) is 17.1 Å². The van der Waals surface area contributed by atoms with E-state index in [4.69, 9.17) is 9.47 Å². The zero-order valence-corrected chi connectivity index (χ0v) is 17.8. The number of nitrogens with zero attached hydrogens (tertiary/aromatic N) is 1. The minimum absolute atomic E-state index is 0.0300. The molecule has 0 aliphatic rings. The highest BCUT2D eigenvalue weighted by molar-refractivity contribution is 7.91. The van der Waals surface area contributed by atoms with E-state index >= 15 is 0 Å². The van der Waals surface area contributed by atoms with Crippen molar-refractivity contribution in [3.63, 3.8) is 0 Å². The fraction of sp³-hybridized carbons (Fsp3) is 0.333. The quantitative estimate of drug-likeness (QED) is 0.551. The van der Waals surface area contributed by atoms with Crippen LogP contribution in [-0.4, -0.2) is 59.6 Å². The molecule has 2 rings (SSSR count). The van der Waals surface area contributed by atoms with Gasteiger partial charge in [0.15, 0.2) is 0 Å². The lowest BCUT2D eigenvalue weighted by atomic mass is 10.2. The summed E-state index contributed by atoms with van der Waals surface area (Å²) in [6.45, 7) is -0.809. The topological polar surface area (TPSA) is 111 Å². The van der Waals surface area contributed by atoms with Crippen LogP contribution < -0.4 is 14.2 Å². The Hall–Kier alpha value is -2.63. The van der Waals surface area contributed by atoms with E-state index in [1.165, 1.54) is 32.3 Å². The molecule has 0 saturated heterocycles. The minimum atomic E-state index is -3.81. The molecular formula is C18H22N2O7S2. The molecule has 0 fully saturated rings. The Labute approximate surface area is 173 Å². The van der Waals surface area contributed by atoms with Crippen molar-refractivity contribution < 1.29 is 32.2 Å². The first-order valence-corrected chi connectivity index (χ1v) is 10.7. The lowest BCUT2D eigenvalue weighted by Gasteiger charge is -2.22. The molecule has 1 N–H and O–H groups in total. The molecule has 1 amide bonds. The van der Waals surface area contributed by atoms with Gasteiger partial charge in [0.1, 0.15) is 22.3 Å². The SMILES string of the molecule is COC(=O)CN(Cc1cc(OC)cc(OC)c1)C(=O)CNS(=O)(=O)c1cccs1. The molecule has 158 valence electrons. The summed E-state index contributed by atoms with van der Waals surface area (Å²) in [4.78, 5) is 25.6. The van der Waals surface area contributed by atoms with Crippen LogP contribution in [0, 0.1) is 0 Å². The number of amides is 1. The number of hydrogen-bond acceptors (Lipinski definition) is 8. The lowest BCUT2D eigenvalue weighted by molar-refractivity contribution is -0.147. The van der Waals surface area contributed by atoms with Crippen LogP contribution in [0.15, 0.2) is 39.9 Å². The Kier molecular flexibility index (Phi) is 8.00. The molecule has 11 heteroatoms. The highest BCUT2D eigenvalue weighted by atomic mass is 32.2. The number of carbonyl (C=O) groups excluding carboxylic acids is 2. The summed E-state index contributed by atoms with van der Waals surface area (Å²) in [5.41, 5.74) is 0.638. The second-order valence-electron chi connectivity index (χ2n) is 5.80. The molecule has 0 aliphatic carbocycles. The van der Waals surface area contributed by atoms with Crippen molar-refractivity contribution >= 4 is 33.2 Å². The zero-order chi connectivity index (χ0) is 21.4. The van der Waals surface area contributed by atoms with Crippen molar-refractivity contribution in [1.29, 1.82) is 0 Å². The van der Waals surface area contributed by atoms with E-state index in [1.807, 2.05) is 0 Å². The second kappa shape index (κ2) is 10.2. The number of ether oxygens (including phenoxy) is 3. The van der Waals surface area contributed by atoms with Crippen molar-refractivity contribution in [1.82, 2.24) is 9.62 Å². The Morgan fingerprint density at radius 2 is 1.76 bits per heavy atom. The first-order valence-electron chi connectivity index (χ1n) is 8.38. The average Bonchev–Trinajstić information content (AvgIpc) is 3.27. The molecule has 0 radical (unpaired) electrons. The molecule has 9 nitrogen and oxygen atoms in total. The number of thiophene rings is 1. The van der Waals surface area contributed by atoms with Crippen LogP contribution in [0.25, 0.3) is 0 Å². The summed E-state index contributed by atoms with van der Waals surface area (Å²) in [5, 5.41) is 1.62.